The normalized spacial score (nSPS) is 24.6. The summed E-state index contributed by atoms with van der Waals surface area (Å²) in [6.07, 6.45) is 5.80. The Bertz CT molecular complexity index is 844. The Kier molecular flexibility index (Phi) is 6.27. The Labute approximate surface area is 171 Å². The molecule has 1 aliphatic heterocycles. The summed E-state index contributed by atoms with van der Waals surface area (Å²) >= 11 is 0. The smallest absolute Gasteiger partial charge is 0.324 e. The maximum Gasteiger partial charge on any atom is 0.324 e. The molecule has 0 bridgehead atoms. The van der Waals surface area contributed by atoms with Crippen molar-refractivity contribution in [1.29, 1.82) is 0 Å². The molecule has 2 aromatic rings. The number of rotatable bonds is 7. The van der Waals surface area contributed by atoms with Crippen LogP contribution in [0.1, 0.15) is 44.0 Å². The lowest BCUT2D eigenvalue weighted by atomic mass is 9.83. The molecule has 0 aliphatic carbocycles. The number of aromatic nitrogens is 2. The number of carboxylic acids is 1. The van der Waals surface area contributed by atoms with E-state index in [0.29, 0.717) is 13.0 Å². The highest BCUT2D eigenvalue weighted by atomic mass is 16.4. The van der Waals surface area contributed by atoms with Crippen LogP contribution in [-0.4, -0.2) is 44.4 Å². The first kappa shape index (κ1) is 20.9. The Balaban J connectivity index is 1.91. The Morgan fingerprint density at radius 3 is 2.66 bits per heavy atom. The van der Waals surface area contributed by atoms with Crippen LogP contribution in [0.25, 0.3) is 0 Å². The molecule has 0 radical (unpaired) electrons. The molecule has 0 saturated carbocycles. The minimum atomic E-state index is -1.10. The highest BCUT2D eigenvalue weighted by Crippen LogP contribution is 2.48. The maximum absolute atomic E-state index is 13.2. The fourth-order valence-electron chi connectivity index (χ4n) is 4.44. The van der Waals surface area contributed by atoms with Crippen LogP contribution in [-0.2, 0) is 16.1 Å². The summed E-state index contributed by atoms with van der Waals surface area (Å²) in [7, 11) is 1.81. The lowest BCUT2D eigenvalue weighted by molar-refractivity contribution is -0.151. The molecule has 1 aliphatic rings. The van der Waals surface area contributed by atoms with Gasteiger partial charge in [-0.05, 0) is 49.6 Å². The average Bonchev–Trinajstić information content (AvgIpc) is 3.00. The number of pyridine rings is 2. The average molecular weight is 396 g/mol. The van der Waals surface area contributed by atoms with Gasteiger partial charge < -0.3 is 10.4 Å². The highest BCUT2D eigenvalue weighted by molar-refractivity contribution is 5.85. The predicted octanol–water partition coefficient (Wildman–Crippen LogP) is 2.66. The fraction of sp³-hybridized carbons (Fsp3) is 0.455. The lowest BCUT2D eigenvalue weighted by Gasteiger charge is -2.36. The van der Waals surface area contributed by atoms with Gasteiger partial charge in [-0.15, -0.1) is 0 Å². The van der Waals surface area contributed by atoms with Crippen LogP contribution >= 0.6 is 0 Å². The first-order valence-electron chi connectivity index (χ1n) is 9.89. The van der Waals surface area contributed by atoms with E-state index in [0.717, 1.165) is 11.3 Å². The second-order valence-electron chi connectivity index (χ2n) is 8.13. The largest absolute Gasteiger partial charge is 0.480 e. The molecule has 7 nitrogen and oxygen atoms in total. The van der Waals surface area contributed by atoms with Gasteiger partial charge >= 0.3 is 5.97 Å². The number of nitrogens with zero attached hydrogens (tertiary/aromatic N) is 3. The summed E-state index contributed by atoms with van der Waals surface area (Å²) in [5.74, 6) is -1.37. The number of aliphatic carboxylic acids is 1. The predicted molar refractivity (Wildman–Crippen MR) is 109 cm³/mol. The maximum atomic E-state index is 13.2. The van der Waals surface area contributed by atoms with Crippen molar-refractivity contribution in [3.63, 3.8) is 0 Å². The van der Waals surface area contributed by atoms with E-state index in [2.05, 4.69) is 15.3 Å². The van der Waals surface area contributed by atoms with Gasteiger partial charge in [-0.3, -0.25) is 24.5 Å². The van der Waals surface area contributed by atoms with Gasteiger partial charge in [0.05, 0.1) is 18.2 Å². The van der Waals surface area contributed by atoms with E-state index >= 15 is 0 Å². The van der Waals surface area contributed by atoms with E-state index in [1.165, 1.54) is 0 Å². The van der Waals surface area contributed by atoms with Gasteiger partial charge in [0.15, 0.2) is 0 Å². The van der Waals surface area contributed by atoms with Crippen LogP contribution in [0.5, 0.6) is 0 Å². The van der Waals surface area contributed by atoms with Gasteiger partial charge in [-0.1, -0.05) is 26.0 Å². The molecular formula is C22H28N4O3. The van der Waals surface area contributed by atoms with Gasteiger partial charge in [0.1, 0.15) is 5.54 Å². The number of hydrogen-bond acceptors (Lipinski definition) is 5. The van der Waals surface area contributed by atoms with Gasteiger partial charge in [-0.25, -0.2) is 0 Å². The molecule has 154 valence electrons. The van der Waals surface area contributed by atoms with Crippen LogP contribution in [0.2, 0.25) is 0 Å². The van der Waals surface area contributed by atoms with E-state index < -0.39 is 17.4 Å². The van der Waals surface area contributed by atoms with E-state index in [9.17, 15) is 14.7 Å². The molecule has 3 rings (SSSR count). The van der Waals surface area contributed by atoms with Gasteiger partial charge in [0.2, 0.25) is 5.91 Å². The number of carboxylic acid groups (broad SMARTS) is 1. The number of carbonyl (C=O) groups excluding carboxylic acids is 1. The monoisotopic (exact) mass is 396 g/mol. The highest BCUT2D eigenvalue weighted by Gasteiger charge is 2.57. The molecule has 7 heteroatoms. The number of hydrogen-bond donors (Lipinski definition) is 2. The first-order chi connectivity index (χ1) is 13.8. The van der Waals surface area contributed by atoms with Crippen LogP contribution < -0.4 is 5.32 Å². The standard InChI is InChI=1S/C22H28N4O3/c1-15(2)11-22(21(28)29)12-18(19(26(22)3)16-7-6-9-23-13-16)20(27)25-14-17-8-4-5-10-24-17/h4-10,13,15,18-19H,11-12,14H2,1-3H3,(H,25,27)(H,28,29)/t18-,19-,22-/m0/s1. The van der Waals surface area contributed by atoms with Gasteiger partial charge in [-0.2, -0.15) is 0 Å². The second-order valence-corrected chi connectivity index (χ2v) is 8.13. The lowest BCUT2D eigenvalue weighted by Crippen LogP contribution is -2.50. The van der Waals surface area contributed by atoms with Crippen LogP contribution in [0.3, 0.4) is 0 Å². The van der Waals surface area contributed by atoms with E-state index in [4.69, 9.17) is 0 Å². The zero-order valence-corrected chi connectivity index (χ0v) is 17.1. The summed E-state index contributed by atoms with van der Waals surface area (Å²) in [6, 6.07) is 8.90. The van der Waals surface area contributed by atoms with Crippen molar-refractivity contribution in [3.05, 3.63) is 60.2 Å². The van der Waals surface area contributed by atoms with E-state index in [1.807, 2.05) is 49.1 Å². The minimum Gasteiger partial charge on any atom is -0.480 e. The Hall–Kier alpha value is -2.80. The van der Waals surface area contributed by atoms with Crippen molar-refractivity contribution in [2.75, 3.05) is 7.05 Å². The number of likely N-dealkylation sites (N-methyl/N-ethyl adjacent to an activating group) is 1. The molecule has 0 unspecified atom stereocenters. The molecule has 3 atom stereocenters. The zero-order valence-electron chi connectivity index (χ0n) is 17.1. The fourth-order valence-corrected chi connectivity index (χ4v) is 4.44. The summed E-state index contributed by atoms with van der Waals surface area (Å²) in [4.78, 5) is 35.8. The molecular weight excluding hydrogens is 368 g/mol. The minimum absolute atomic E-state index is 0.164. The third-order valence-corrected chi connectivity index (χ3v) is 5.71. The zero-order chi connectivity index (χ0) is 21.0. The number of nitrogens with one attached hydrogen (secondary N) is 1. The summed E-state index contributed by atoms with van der Waals surface area (Å²) in [5, 5.41) is 13.1. The van der Waals surface area contributed by atoms with E-state index in [1.54, 1.807) is 25.6 Å². The van der Waals surface area contributed by atoms with Gasteiger partial charge in [0.25, 0.3) is 0 Å². The Morgan fingerprint density at radius 2 is 2.07 bits per heavy atom. The van der Waals surface area contributed by atoms with Crippen LogP contribution in [0, 0.1) is 11.8 Å². The summed E-state index contributed by atoms with van der Waals surface area (Å²) < 4.78 is 0. The molecule has 2 N–H and O–H groups in total. The topological polar surface area (TPSA) is 95.4 Å². The SMILES string of the molecule is CC(C)C[C@@]1(C(=O)O)C[C@H](C(=O)NCc2ccccn2)[C@H](c2cccnc2)N1C. The quantitative estimate of drug-likeness (QED) is 0.747. The molecule has 3 heterocycles. The number of amides is 1. The van der Waals surface area contributed by atoms with Crippen molar-refractivity contribution >= 4 is 11.9 Å². The van der Waals surface area contributed by atoms with Crippen LogP contribution in [0.4, 0.5) is 0 Å². The van der Waals surface area contributed by atoms with Crippen molar-refractivity contribution in [2.24, 2.45) is 11.8 Å². The molecule has 1 saturated heterocycles. The van der Waals surface area contributed by atoms with Crippen molar-refractivity contribution < 1.29 is 14.7 Å². The molecule has 2 aromatic heterocycles. The van der Waals surface area contributed by atoms with Gasteiger partial charge in [0, 0.05) is 24.6 Å². The second kappa shape index (κ2) is 8.69. The summed E-state index contributed by atoms with van der Waals surface area (Å²) in [5.41, 5.74) is 0.512. The molecule has 1 fully saturated rings. The molecule has 29 heavy (non-hydrogen) atoms. The van der Waals surface area contributed by atoms with Crippen molar-refractivity contribution in [2.45, 2.75) is 44.8 Å². The number of carbonyl (C=O) groups is 2. The third-order valence-electron chi connectivity index (χ3n) is 5.71. The van der Waals surface area contributed by atoms with Crippen LogP contribution in [0.15, 0.2) is 48.9 Å². The Morgan fingerprint density at radius 1 is 1.28 bits per heavy atom. The first-order valence-corrected chi connectivity index (χ1v) is 9.89. The summed E-state index contributed by atoms with van der Waals surface area (Å²) in [6.45, 7) is 4.32. The number of likely N-dealkylation sites (tertiary alicyclic amines) is 1. The van der Waals surface area contributed by atoms with Crippen molar-refractivity contribution in [1.82, 2.24) is 20.2 Å². The third kappa shape index (κ3) is 4.29. The van der Waals surface area contributed by atoms with Crippen molar-refractivity contribution in [3.8, 4) is 0 Å². The molecule has 1 amide bonds. The molecule has 0 aromatic carbocycles. The van der Waals surface area contributed by atoms with E-state index in [-0.39, 0.29) is 24.3 Å². The molecule has 0 spiro atoms.